The highest BCUT2D eigenvalue weighted by atomic mass is 31.2. The van der Waals surface area contributed by atoms with Crippen molar-refractivity contribution in [1.82, 2.24) is 0 Å². The van der Waals surface area contributed by atoms with Crippen LogP contribution in [0, 0.1) is 0 Å². The lowest BCUT2D eigenvalue weighted by Gasteiger charge is -2.19. The number of nitrogens with two attached hydrogens (primary N) is 1. The van der Waals surface area contributed by atoms with E-state index in [-0.39, 0.29) is 32.6 Å². The number of allylic oxidation sites excluding steroid dienone is 2. The van der Waals surface area contributed by atoms with E-state index in [2.05, 4.69) is 26.0 Å². The van der Waals surface area contributed by atoms with E-state index in [1.165, 1.54) is 154 Å². The molecule has 0 aromatic rings. The van der Waals surface area contributed by atoms with Crippen LogP contribution in [-0.4, -0.2) is 49.3 Å². The third-order valence-corrected chi connectivity index (χ3v) is 10.9. The van der Waals surface area contributed by atoms with Crippen LogP contribution in [0.15, 0.2) is 12.2 Å². The van der Waals surface area contributed by atoms with Crippen molar-refractivity contribution in [2.45, 2.75) is 232 Å². The van der Waals surface area contributed by atoms with Crippen molar-refractivity contribution in [3.8, 4) is 0 Å². The zero-order chi connectivity index (χ0) is 39.6. The first-order valence-electron chi connectivity index (χ1n) is 22.7. The molecule has 0 bridgehead atoms. The maximum absolute atomic E-state index is 12.6. The fourth-order valence-corrected chi connectivity index (χ4v) is 7.28. The Labute approximate surface area is 332 Å². The summed E-state index contributed by atoms with van der Waals surface area (Å²) in [7, 11) is -4.38. The molecule has 0 fully saturated rings. The maximum Gasteiger partial charge on any atom is 0.472 e. The largest absolute Gasteiger partial charge is 0.472 e. The van der Waals surface area contributed by atoms with Crippen molar-refractivity contribution in [3.05, 3.63) is 12.2 Å². The van der Waals surface area contributed by atoms with E-state index in [1.54, 1.807) is 0 Å². The van der Waals surface area contributed by atoms with Gasteiger partial charge in [-0.25, -0.2) is 4.57 Å². The van der Waals surface area contributed by atoms with E-state index < -0.39 is 32.5 Å². The van der Waals surface area contributed by atoms with Gasteiger partial charge >= 0.3 is 19.8 Å². The molecule has 0 rings (SSSR count). The van der Waals surface area contributed by atoms with Crippen LogP contribution < -0.4 is 5.73 Å². The van der Waals surface area contributed by atoms with Crippen molar-refractivity contribution < 1.29 is 37.6 Å². The Morgan fingerprint density at radius 2 is 0.907 bits per heavy atom. The molecule has 0 spiro atoms. The summed E-state index contributed by atoms with van der Waals surface area (Å²) in [6.45, 7) is 3.74. The molecule has 0 heterocycles. The number of phosphoric ester groups is 1. The molecule has 0 aliphatic carbocycles. The van der Waals surface area contributed by atoms with E-state index >= 15 is 0 Å². The minimum absolute atomic E-state index is 0.0540. The molecule has 0 radical (unpaired) electrons. The topological polar surface area (TPSA) is 134 Å². The van der Waals surface area contributed by atoms with Gasteiger partial charge < -0.3 is 20.1 Å². The lowest BCUT2D eigenvalue weighted by atomic mass is 10.0. The van der Waals surface area contributed by atoms with Crippen molar-refractivity contribution >= 4 is 19.8 Å². The SMILES string of the molecule is CCCCCCCCCCC/C=C/CCCCC(=O)OC[C@H](COP(=O)(O)OCCN)OC(=O)CCCCCCCCCCCCCCCCCCCC. The normalized spacial score (nSPS) is 13.3. The van der Waals surface area contributed by atoms with Crippen molar-refractivity contribution in [1.29, 1.82) is 0 Å². The first-order chi connectivity index (χ1) is 26.3. The fraction of sp³-hybridized carbons (Fsp3) is 0.909. The van der Waals surface area contributed by atoms with Crippen LogP contribution in [0.2, 0.25) is 0 Å². The summed E-state index contributed by atoms with van der Waals surface area (Å²) in [5.41, 5.74) is 5.35. The summed E-state index contributed by atoms with van der Waals surface area (Å²) < 4.78 is 32.8. The molecule has 10 heteroatoms. The molecule has 320 valence electrons. The average Bonchev–Trinajstić information content (AvgIpc) is 3.16. The Morgan fingerprint density at radius 3 is 1.35 bits per heavy atom. The Hall–Kier alpha value is -1.25. The van der Waals surface area contributed by atoms with Gasteiger partial charge in [0.15, 0.2) is 6.10 Å². The summed E-state index contributed by atoms with van der Waals surface area (Å²) in [6.07, 6.45) is 42.4. The van der Waals surface area contributed by atoms with Gasteiger partial charge in [-0.05, 0) is 38.5 Å². The molecule has 0 aliphatic rings. The second-order valence-electron chi connectivity index (χ2n) is 15.3. The predicted octanol–water partition coefficient (Wildman–Crippen LogP) is 13.0. The van der Waals surface area contributed by atoms with E-state index in [0.29, 0.717) is 12.8 Å². The standard InChI is InChI=1S/C44H86NO8P/c1-3-5-7-9-11-13-15-17-19-20-21-23-25-27-29-31-33-35-37-44(47)53-42(41-52-54(48,49)51-39-38-45)40-50-43(46)36-34-32-30-28-26-24-22-18-16-14-12-10-8-6-4-2/h26,28,42H,3-25,27,29-41,45H2,1-2H3,(H,48,49)/b28-26+/t42-/m1/s1. The first kappa shape index (κ1) is 52.8. The zero-order valence-electron chi connectivity index (χ0n) is 35.2. The predicted molar refractivity (Wildman–Crippen MR) is 224 cm³/mol. The van der Waals surface area contributed by atoms with Crippen LogP contribution in [0.3, 0.4) is 0 Å². The minimum Gasteiger partial charge on any atom is -0.462 e. The Kier molecular flexibility index (Phi) is 40.4. The maximum atomic E-state index is 12.6. The quantitative estimate of drug-likeness (QED) is 0.0268. The Morgan fingerprint density at radius 1 is 0.537 bits per heavy atom. The van der Waals surface area contributed by atoms with Gasteiger partial charge in [0.2, 0.25) is 0 Å². The number of esters is 2. The smallest absolute Gasteiger partial charge is 0.462 e. The van der Waals surface area contributed by atoms with Gasteiger partial charge in [0, 0.05) is 19.4 Å². The number of carbonyl (C=O) groups excluding carboxylic acids is 2. The van der Waals surface area contributed by atoms with Gasteiger partial charge in [-0.2, -0.15) is 0 Å². The molecule has 0 saturated heterocycles. The van der Waals surface area contributed by atoms with Crippen LogP contribution in [0.4, 0.5) is 0 Å². The van der Waals surface area contributed by atoms with Crippen molar-refractivity contribution in [2.24, 2.45) is 5.73 Å². The van der Waals surface area contributed by atoms with Crippen LogP contribution in [0.1, 0.15) is 226 Å². The van der Waals surface area contributed by atoms with Gasteiger partial charge in [-0.15, -0.1) is 0 Å². The second kappa shape index (κ2) is 41.4. The molecule has 3 N–H and O–H groups in total. The van der Waals surface area contributed by atoms with Crippen LogP contribution >= 0.6 is 7.82 Å². The summed E-state index contributed by atoms with van der Waals surface area (Å²) in [5, 5.41) is 0. The molecular weight excluding hydrogens is 701 g/mol. The van der Waals surface area contributed by atoms with Gasteiger partial charge in [0.1, 0.15) is 6.61 Å². The van der Waals surface area contributed by atoms with Crippen LogP contribution in [0.5, 0.6) is 0 Å². The number of unbranched alkanes of at least 4 members (excludes halogenated alkanes) is 28. The molecule has 0 aromatic heterocycles. The average molecular weight is 788 g/mol. The van der Waals surface area contributed by atoms with E-state index in [4.69, 9.17) is 24.3 Å². The third kappa shape index (κ3) is 40.4. The number of ether oxygens (including phenoxy) is 2. The first-order valence-corrected chi connectivity index (χ1v) is 24.2. The highest BCUT2D eigenvalue weighted by Gasteiger charge is 2.26. The molecule has 1 unspecified atom stereocenters. The summed E-state index contributed by atoms with van der Waals surface area (Å²) in [4.78, 5) is 34.9. The summed E-state index contributed by atoms with van der Waals surface area (Å²) in [5.74, 6) is -0.842. The summed E-state index contributed by atoms with van der Waals surface area (Å²) in [6, 6.07) is 0. The summed E-state index contributed by atoms with van der Waals surface area (Å²) >= 11 is 0. The van der Waals surface area contributed by atoms with Crippen LogP contribution in [0.25, 0.3) is 0 Å². The highest BCUT2D eigenvalue weighted by Crippen LogP contribution is 2.43. The Balaban J connectivity index is 4.11. The van der Waals surface area contributed by atoms with Crippen molar-refractivity contribution in [3.63, 3.8) is 0 Å². The fourth-order valence-electron chi connectivity index (χ4n) is 6.51. The van der Waals surface area contributed by atoms with Gasteiger partial charge in [0.25, 0.3) is 0 Å². The lowest BCUT2D eigenvalue weighted by molar-refractivity contribution is -0.161. The number of hydrogen-bond acceptors (Lipinski definition) is 8. The molecule has 2 atom stereocenters. The van der Waals surface area contributed by atoms with Crippen LogP contribution in [-0.2, 0) is 32.7 Å². The van der Waals surface area contributed by atoms with Crippen molar-refractivity contribution in [2.75, 3.05) is 26.4 Å². The number of rotatable bonds is 43. The molecule has 0 saturated carbocycles. The number of phosphoric acid groups is 1. The minimum atomic E-state index is -4.38. The lowest BCUT2D eigenvalue weighted by Crippen LogP contribution is -2.29. The van der Waals surface area contributed by atoms with E-state index in [0.717, 1.165) is 32.1 Å². The molecule has 54 heavy (non-hydrogen) atoms. The van der Waals surface area contributed by atoms with E-state index in [9.17, 15) is 19.0 Å². The second-order valence-corrected chi connectivity index (χ2v) is 16.7. The molecule has 0 aromatic carbocycles. The molecule has 0 aliphatic heterocycles. The Bertz CT molecular complexity index is 902. The van der Waals surface area contributed by atoms with E-state index in [1.807, 2.05) is 0 Å². The van der Waals surface area contributed by atoms with Gasteiger partial charge in [-0.3, -0.25) is 18.6 Å². The highest BCUT2D eigenvalue weighted by molar-refractivity contribution is 7.47. The van der Waals surface area contributed by atoms with Gasteiger partial charge in [-0.1, -0.05) is 187 Å². The zero-order valence-corrected chi connectivity index (χ0v) is 36.1. The number of hydrogen-bond donors (Lipinski definition) is 2. The molecule has 0 amide bonds. The molecule has 9 nitrogen and oxygen atoms in total. The third-order valence-electron chi connectivity index (χ3n) is 9.90. The number of carbonyl (C=O) groups is 2. The van der Waals surface area contributed by atoms with Gasteiger partial charge in [0.05, 0.1) is 13.2 Å². The molecular formula is C44H86NO8P. The monoisotopic (exact) mass is 788 g/mol.